The lowest BCUT2D eigenvalue weighted by molar-refractivity contribution is 0.101. The highest BCUT2D eigenvalue weighted by molar-refractivity contribution is 7.98. The normalized spacial score (nSPS) is 10.8. The molecule has 0 fully saturated rings. The van der Waals surface area contributed by atoms with Gasteiger partial charge in [0.05, 0.1) is 5.69 Å². The first-order valence-corrected chi connectivity index (χ1v) is 10.8. The Bertz CT molecular complexity index is 1240. The number of benzene rings is 3. The lowest BCUT2D eigenvalue weighted by Crippen LogP contribution is -2.12. The number of carbonyl (C=O) groups excluding carboxylic acids is 1. The Labute approximate surface area is 184 Å². The predicted molar refractivity (Wildman–Crippen MR) is 122 cm³/mol. The molecule has 1 aromatic heterocycles. The fourth-order valence-corrected chi connectivity index (χ4v) is 4.06. The number of aromatic nitrogens is 1. The van der Waals surface area contributed by atoms with Crippen molar-refractivity contribution < 1.29 is 13.7 Å². The van der Waals surface area contributed by atoms with Crippen molar-refractivity contribution in [2.45, 2.75) is 24.5 Å². The monoisotopic (exact) mass is 432 g/mol. The number of nitrogens with zero attached hydrogens (tertiary/aromatic N) is 1. The molecule has 3 aromatic carbocycles. The van der Waals surface area contributed by atoms with E-state index >= 15 is 0 Å². The first-order chi connectivity index (χ1) is 15.0. The molecule has 0 spiro atoms. The maximum absolute atomic E-state index is 13.9. The van der Waals surface area contributed by atoms with Crippen LogP contribution < -0.4 is 5.32 Å². The van der Waals surface area contributed by atoms with Crippen molar-refractivity contribution in [3.05, 3.63) is 101 Å². The molecule has 156 valence electrons. The number of hydrogen-bond donors (Lipinski definition) is 1. The van der Waals surface area contributed by atoms with Gasteiger partial charge in [-0.15, -0.1) is 11.8 Å². The van der Waals surface area contributed by atoms with Crippen molar-refractivity contribution >= 4 is 23.4 Å². The van der Waals surface area contributed by atoms with E-state index in [2.05, 4.69) is 10.5 Å². The lowest BCUT2D eigenvalue weighted by Gasteiger charge is -2.10. The van der Waals surface area contributed by atoms with Crippen molar-refractivity contribution in [2.24, 2.45) is 0 Å². The zero-order valence-corrected chi connectivity index (χ0v) is 18.0. The van der Waals surface area contributed by atoms with Gasteiger partial charge in [0.25, 0.3) is 5.91 Å². The largest absolute Gasteiger partial charge is 0.355 e. The summed E-state index contributed by atoms with van der Waals surface area (Å²) in [5.41, 5.74) is 4.65. The summed E-state index contributed by atoms with van der Waals surface area (Å²) in [6.07, 6.45) is 0. The predicted octanol–water partition coefficient (Wildman–Crippen LogP) is 6.64. The van der Waals surface area contributed by atoms with Gasteiger partial charge in [-0.2, -0.15) is 0 Å². The molecule has 0 saturated carbocycles. The summed E-state index contributed by atoms with van der Waals surface area (Å²) in [7, 11) is 0. The van der Waals surface area contributed by atoms with Crippen molar-refractivity contribution in [3.8, 4) is 11.3 Å². The van der Waals surface area contributed by atoms with Crippen molar-refractivity contribution in [1.29, 1.82) is 0 Å². The summed E-state index contributed by atoms with van der Waals surface area (Å²) in [6, 6.07) is 21.7. The second-order valence-corrected chi connectivity index (χ2v) is 8.22. The van der Waals surface area contributed by atoms with Crippen LogP contribution in [-0.2, 0) is 5.75 Å². The molecule has 0 radical (unpaired) electrons. The lowest BCUT2D eigenvalue weighted by atomic mass is 10.0. The first kappa shape index (κ1) is 20.9. The Hall–Kier alpha value is -3.38. The number of nitrogens with one attached hydrogen (secondary N) is 1. The number of para-hydroxylation sites is 1. The number of hydrogen-bond acceptors (Lipinski definition) is 4. The molecular formula is C25H21FN2O2S. The Morgan fingerprint density at radius 2 is 1.77 bits per heavy atom. The van der Waals surface area contributed by atoms with Crippen LogP contribution in [0, 0.1) is 19.7 Å². The SMILES string of the molecule is Cc1ccc(-c2cc(C(=O)Nc3ccccc3SCc3ccccc3F)no2)cc1C. The number of thioether (sulfide) groups is 1. The van der Waals surface area contributed by atoms with Gasteiger partial charge in [0.15, 0.2) is 11.5 Å². The maximum Gasteiger partial charge on any atom is 0.277 e. The third kappa shape index (κ3) is 4.86. The van der Waals surface area contributed by atoms with Crippen LogP contribution in [0.3, 0.4) is 0 Å². The summed E-state index contributed by atoms with van der Waals surface area (Å²) < 4.78 is 19.3. The van der Waals surface area contributed by atoms with Crippen molar-refractivity contribution in [3.63, 3.8) is 0 Å². The summed E-state index contributed by atoms with van der Waals surface area (Å²) >= 11 is 1.46. The standard InChI is InChI=1S/C25H21FN2O2S/c1-16-11-12-18(13-17(16)2)23-14-22(28-30-23)25(29)27-21-9-5-6-10-24(21)31-15-19-7-3-4-8-20(19)26/h3-14H,15H2,1-2H3,(H,27,29). The molecule has 31 heavy (non-hydrogen) atoms. The van der Waals surface area contributed by atoms with Crippen LogP contribution in [0.25, 0.3) is 11.3 Å². The van der Waals surface area contributed by atoms with E-state index < -0.39 is 0 Å². The quantitative estimate of drug-likeness (QED) is 0.347. The van der Waals surface area contributed by atoms with Crippen LogP contribution >= 0.6 is 11.8 Å². The van der Waals surface area contributed by atoms with Crippen LogP contribution in [-0.4, -0.2) is 11.1 Å². The van der Waals surface area contributed by atoms with Crippen LogP contribution in [0.5, 0.6) is 0 Å². The summed E-state index contributed by atoms with van der Waals surface area (Å²) in [5, 5.41) is 6.82. The molecular weight excluding hydrogens is 411 g/mol. The number of amides is 1. The van der Waals surface area contributed by atoms with E-state index in [-0.39, 0.29) is 17.4 Å². The molecule has 0 saturated heterocycles. The fourth-order valence-electron chi connectivity index (χ4n) is 3.07. The average molecular weight is 433 g/mol. The van der Waals surface area contributed by atoms with Crippen LogP contribution in [0.4, 0.5) is 10.1 Å². The van der Waals surface area contributed by atoms with E-state index in [4.69, 9.17) is 4.52 Å². The highest BCUT2D eigenvalue weighted by atomic mass is 32.2. The minimum Gasteiger partial charge on any atom is -0.355 e. The third-order valence-corrected chi connectivity index (χ3v) is 6.13. The smallest absolute Gasteiger partial charge is 0.277 e. The van der Waals surface area contributed by atoms with E-state index in [1.165, 1.54) is 23.4 Å². The molecule has 4 rings (SSSR count). The molecule has 0 aliphatic heterocycles. The second-order valence-electron chi connectivity index (χ2n) is 7.21. The zero-order chi connectivity index (χ0) is 21.8. The van der Waals surface area contributed by atoms with Gasteiger partial charge in [0, 0.05) is 22.3 Å². The number of rotatable bonds is 6. The first-order valence-electron chi connectivity index (χ1n) is 9.82. The molecule has 4 nitrogen and oxygen atoms in total. The van der Waals surface area contributed by atoms with Crippen LogP contribution in [0.2, 0.25) is 0 Å². The van der Waals surface area contributed by atoms with E-state index in [0.29, 0.717) is 22.8 Å². The molecule has 0 unspecified atom stereocenters. The molecule has 0 bridgehead atoms. The van der Waals surface area contributed by atoms with Crippen molar-refractivity contribution in [1.82, 2.24) is 5.16 Å². The number of halogens is 1. The van der Waals surface area contributed by atoms with Gasteiger partial charge < -0.3 is 9.84 Å². The molecule has 1 amide bonds. The van der Waals surface area contributed by atoms with E-state index in [0.717, 1.165) is 16.0 Å². The summed E-state index contributed by atoms with van der Waals surface area (Å²) in [4.78, 5) is 13.6. The maximum atomic E-state index is 13.9. The number of carbonyl (C=O) groups is 1. The molecule has 1 heterocycles. The number of aryl methyl sites for hydroxylation is 2. The third-order valence-electron chi connectivity index (χ3n) is 5.01. The Balaban J connectivity index is 1.48. The zero-order valence-electron chi connectivity index (χ0n) is 17.2. The van der Waals surface area contributed by atoms with E-state index in [1.807, 2.05) is 62.4 Å². The van der Waals surface area contributed by atoms with Crippen LogP contribution in [0.15, 0.2) is 82.2 Å². The van der Waals surface area contributed by atoms with Gasteiger partial charge in [0.1, 0.15) is 5.82 Å². The summed E-state index contributed by atoms with van der Waals surface area (Å²) in [5.74, 6) is 0.395. The molecule has 1 N–H and O–H groups in total. The minimum atomic E-state index is -0.363. The molecule has 0 atom stereocenters. The molecule has 0 aliphatic rings. The van der Waals surface area contributed by atoms with Gasteiger partial charge in [-0.25, -0.2) is 4.39 Å². The summed E-state index contributed by atoms with van der Waals surface area (Å²) in [6.45, 7) is 4.07. The topological polar surface area (TPSA) is 55.1 Å². The minimum absolute atomic E-state index is 0.196. The van der Waals surface area contributed by atoms with Gasteiger partial charge in [-0.05, 0) is 54.8 Å². The molecule has 6 heteroatoms. The highest BCUT2D eigenvalue weighted by Gasteiger charge is 2.16. The Morgan fingerprint density at radius 3 is 2.58 bits per heavy atom. The van der Waals surface area contributed by atoms with Gasteiger partial charge in [0.2, 0.25) is 0 Å². The van der Waals surface area contributed by atoms with Crippen LogP contribution in [0.1, 0.15) is 27.2 Å². The number of anilines is 1. The van der Waals surface area contributed by atoms with Gasteiger partial charge in [-0.1, -0.05) is 47.6 Å². The highest BCUT2D eigenvalue weighted by Crippen LogP contribution is 2.31. The van der Waals surface area contributed by atoms with Crippen molar-refractivity contribution in [2.75, 3.05) is 5.32 Å². The molecule has 0 aliphatic carbocycles. The van der Waals surface area contributed by atoms with E-state index in [9.17, 15) is 9.18 Å². The average Bonchev–Trinajstić information content (AvgIpc) is 3.26. The Kier molecular flexibility index (Phi) is 6.18. The fraction of sp³-hybridized carbons (Fsp3) is 0.120. The van der Waals surface area contributed by atoms with Gasteiger partial charge >= 0.3 is 0 Å². The Morgan fingerprint density at radius 1 is 1.00 bits per heavy atom. The van der Waals surface area contributed by atoms with E-state index in [1.54, 1.807) is 18.2 Å². The second kappa shape index (κ2) is 9.18. The molecule has 4 aromatic rings. The van der Waals surface area contributed by atoms with Gasteiger partial charge in [-0.3, -0.25) is 4.79 Å².